The normalized spacial score (nSPS) is 12.2. The highest BCUT2D eigenvalue weighted by Crippen LogP contribution is 2.28. The number of nitrogens with zero attached hydrogens (tertiary/aromatic N) is 1. The molecular formula is C28H25ClN2O6S. The van der Waals surface area contributed by atoms with E-state index in [1.165, 1.54) is 42.6 Å². The summed E-state index contributed by atoms with van der Waals surface area (Å²) in [5, 5.41) is 23.4. The molecule has 0 saturated heterocycles. The average Bonchev–Trinajstić information content (AvgIpc) is 2.91. The van der Waals surface area contributed by atoms with Crippen molar-refractivity contribution in [3.8, 4) is 11.6 Å². The lowest BCUT2D eigenvalue weighted by atomic mass is 10.1. The van der Waals surface area contributed by atoms with Gasteiger partial charge in [-0.1, -0.05) is 41.9 Å². The van der Waals surface area contributed by atoms with Crippen LogP contribution in [0.25, 0.3) is 0 Å². The lowest BCUT2D eigenvalue weighted by Crippen LogP contribution is -2.23. The minimum Gasteiger partial charge on any atom is -0.477 e. The second-order valence-electron chi connectivity index (χ2n) is 8.41. The summed E-state index contributed by atoms with van der Waals surface area (Å²) in [7, 11) is -3.84. The minimum atomic E-state index is -3.84. The first kappa shape index (κ1) is 27.3. The second-order valence-corrected chi connectivity index (χ2v) is 10.8. The number of ether oxygens (including phenoxy) is 1. The molecule has 10 heteroatoms. The van der Waals surface area contributed by atoms with Crippen LogP contribution in [0.2, 0.25) is 5.02 Å². The molecule has 0 saturated carbocycles. The van der Waals surface area contributed by atoms with Gasteiger partial charge in [0, 0.05) is 17.8 Å². The van der Waals surface area contributed by atoms with Crippen LogP contribution in [0.15, 0.2) is 101 Å². The summed E-state index contributed by atoms with van der Waals surface area (Å²) in [6, 6.07) is 22.3. The topological polar surface area (TPSA) is 126 Å². The van der Waals surface area contributed by atoms with E-state index >= 15 is 0 Å². The molecule has 4 aromatic rings. The molecule has 4 rings (SSSR count). The Morgan fingerprint density at radius 1 is 0.974 bits per heavy atom. The summed E-state index contributed by atoms with van der Waals surface area (Å²) in [5.74, 6) is -1.19. The maximum Gasteiger partial charge on any atom is 0.341 e. The van der Waals surface area contributed by atoms with Crippen molar-refractivity contribution in [3.63, 3.8) is 0 Å². The first-order valence-electron chi connectivity index (χ1n) is 11.7. The van der Waals surface area contributed by atoms with E-state index in [0.29, 0.717) is 24.5 Å². The number of nitrogens with one attached hydrogen (secondary N) is 1. The Hall–Kier alpha value is -3.76. The molecule has 0 spiro atoms. The number of benzene rings is 3. The van der Waals surface area contributed by atoms with Crippen LogP contribution in [0, 0.1) is 0 Å². The number of aliphatic hydroxyl groups excluding tert-OH is 1. The van der Waals surface area contributed by atoms with Crippen LogP contribution >= 0.6 is 11.6 Å². The number of pyridine rings is 1. The Bertz CT molecular complexity index is 1530. The van der Waals surface area contributed by atoms with Crippen LogP contribution in [0.4, 0.5) is 0 Å². The van der Waals surface area contributed by atoms with Crippen molar-refractivity contribution in [1.29, 1.82) is 0 Å². The van der Waals surface area contributed by atoms with Gasteiger partial charge < -0.3 is 20.3 Å². The van der Waals surface area contributed by atoms with E-state index in [9.17, 15) is 23.4 Å². The Morgan fingerprint density at radius 3 is 2.47 bits per heavy atom. The molecular weight excluding hydrogens is 528 g/mol. The molecule has 0 unspecified atom stereocenters. The summed E-state index contributed by atoms with van der Waals surface area (Å²) >= 11 is 5.97. The van der Waals surface area contributed by atoms with Crippen molar-refractivity contribution < 1.29 is 28.2 Å². The third kappa shape index (κ3) is 6.76. The molecule has 196 valence electrons. The van der Waals surface area contributed by atoms with Crippen molar-refractivity contribution in [2.75, 3.05) is 13.1 Å². The van der Waals surface area contributed by atoms with Gasteiger partial charge in [0.25, 0.3) is 0 Å². The van der Waals surface area contributed by atoms with Crippen LogP contribution < -0.4 is 10.1 Å². The molecule has 1 aromatic heterocycles. The van der Waals surface area contributed by atoms with Gasteiger partial charge in [-0.25, -0.2) is 18.2 Å². The van der Waals surface area contributed by atoms with Crippen molar-refractivity contribution >= 4 is 27.4 Å². The Kier molecular flexibility index (Phi) is 8.75. The molecule has 0 radical (unpaired) electrons. The SMILES string of the molecule is O=C(O)c1cccnc1Oc1cccc(S(=O)(=O)c2ccc(CCNC[C@@H](O)c3cccc(Cl)c3)cc2)c1. The van der Waals surface area contributed by atoms with Gasteiger partial charge in [-0.05, 0) is 78.7 Å². The number of carbonyl (C=O) groups is 1. The predicted octanol–water partition coefficient (Wildman–Crippen LogP) is 4.92. The molecule has 0 aliphatic carbocycles. The van der Waals surface area contributed by atoms with E-state index in [1.54, 1.807) is 42.5 Å². The van der Waals surface area contributed by atoms with Gasteiger partial charge in [0.15, 0.2) is 0 Å². The number of aliphatic hydroxyl groups is 1. The van der Waals surface area contributed by atoms with Crippen molar-refractivity contribution in [2.24, 2.45) is 0 Å². The summed E-state index contributed by atoms with van der Waals surface area (Å²) in [4.78, 5) is 15.5. The fraction of sp³-hybridized carbons (Fsp3) is 0.143. The van der Waals surface area contributed by atoms with E-state index in [2.05, 4.69) is 10.3 Å². The third-order valence-corrected chi connectivity index (χ3v) is 7.73. The van der Waals surface area contributed by atoms with Gasteiger partial charge in [-0.2, -0.15) is 0 Å². The highest BCUT2D eigenvalue weighted by molar-refractivity contribution is 7.91. The Balaban J connectivity index is 1.38. The van der Waals surface area contributed by atoms with Gasteiger partial charge >= 0.3 is 5.97 Å². The zero-order valence-electron chi connectivity index (χ0n) is 20.1. The first-order chi connectivity index (χ1) is 18.2. The standard InChI is InChI=1S/C28H25ClN2O6S/c29-21-5-1-4-20(16-21)26(32)18-30-15-13-19-9-11-23(12-10-19)38(35,36)24-7-2-6-22(17-24)37-27-25(28(33)34)8-3-14-31-27/h1-12,14,16-17,26,30,32H,13,15,18H2,(H,33,34)/t26-/m1/s1. The molecule has 1 heterocycles. The predicted molar refractivity (Wildman–Crippen MR) is 143 cm³/mol. The van der Waals surface area contributed by atoms with Gasteiger partial charge in [0.1, 0.15) is 11.3 Å². The maximum atomic E-state index is 13.2. The van der Waals surface area contributed by atoms with E-state index in [1.807, 2.05) is 6.07 Å². The third-order valence-electron chi connectivity index (χ3n) is 5.73. The zero-order valence-corrected chi connectivity index (χ0v) is 21.7. The minimum absolute atomic E-state index is 0.00669. The van der Waals surface area contributed by atoms with Gasteiger partial charge in [-0.3, -0.25) is 0 Å². The van der Waals surface area contributed by atoms with Crippen molar-refractivity contribution in [2.45, 2.75) is 22.3 Å². The lowest BCUT2D eigenvalue weighted by molar-refractivity contribution is 0.0693. The van der Waals surface area contributed by atoms with Crippen LogP contribution in [-0.2, 0) is 16.3 Å². The Labute approximate surface area is 225 Å². The van der Waals surface area contributed by atoms with Crippen LogP contribution in [0.3, 0.4) is 0 Å². The number of aromatic nitrogens is 1. The van der Waals surface area contributed by atoms with E-state index < -0.39 is 21.9 Å². The second kappa shape index (κ2) is 12.2. The first-order valence-corrected chi connectivity index (χ1v) is 13.5. The smallest absolute Gasteiger partial charge is 0.341 e. The number of sulfone groups is 1. The molecule has 0 aliphatic rings. The molecule has 0 amide bonds. The van der Waals surface area contributed by atoms with Crippen LogP contribution in [0.1, 0.15) is 27.6 Å². The maximum absolute atomic E-state index is 13.2. The highest BCUT2D eigenvalue weighted by atomic mass is 35.5. The lowest BCUT2D eigenvalue weighted by Gasteiger charge is -2.13. The number of carboxylic acid groups (broad SMARTS) is 1. The van der Waals surface area contributed by atoms with E-state index in [4.69, 9.17) is 16.3 Å². The molecule has 0 bridgehead atoms. The quantitative estimate of drug-likeness (QED) is 0.224. The average molecular weight is 553 g/mol. The number of aromatic carboxylic acids is 1. The fourth-order valence-electron chi connectivity index (χ4n) is 3.73. The zero-order chi connectivity index (χ0) is 27.1. The molecule has 3 N–H and O–H groups in total. The molecule has 3 aromatic carbocycles. The van der Waals surface area contributed by atoms with Crippen LogP contribution in [0.5, 0.6) is 11.6 Å². The Morgan fingerprint density at radius 2 is 1.74 bits per heavy atom. The van der Waals surface area contributed by atoms with Gasteiger partial charge in [0.05, 0.1) is 15.9 Å². The monoisotopic (exact) mass is 552 g/mol. The summed E-state index contributed by atoms with van der Waals surface area (Å²) in [6.07, 6.45) is 1.34. The highest BCUT2D eigenvalue weighted by Gasteiger charge is 2.19. The number of hydrogen-bond acceptors (Lipinski definition) is 7. The largest absolute Gasteiger partial charge is 0.477 e. The summed E-state index contributed by atoms with van der Waals surface area (Å²) < 4.78 is 32.0. The summed E-state index contributed by atoms with van der Waals surface area (Å²) in [6.45, 7) is 0.951. The van der Waals surface area contributed by atoms with Gasteiger partial charge in [0.2, 0.25) is 15.7 Å². The van der Waals surface area contributed by atoms with Gasteiger partial charge in [-0.15, -0.1) is 0 Å². The fourth-order valence-corrected chi connectivity index (χ4v) is 5.22. The summed E-state index contributed by atoms with van der Waals surface area (Å²) in [5.41, 5.74) is 1.53. The van der Waals surface area contributed by atoms with E-state index in [-0.39, 0.29) is 27.0 Å². The number of rotatable bonds is 11. The number of carboxylic acids is 1. The molecule has 1 atom stereocenters. The molecule has 38 heavy (non-hydrogen) atoms. The molecule has 0 aliphatic heterocycles. The van der Waals surface area contributed by atoms with Crippen LogP contribution in [-0.4, -0.2) is 42.7 Å². The number of hydrogen-bond donors (Lipinski definition) is 3. The number of halogens is 1. The van der Waals surface area contributed by atoms with Crippen molar-refractivity contribution in [3.05, 3.63) is 113 Å². The molecule has 0 fully saturated rings. The molecule has 8 nitrogen and oxygen atoms in total. The van der Waals surface area contributed by atoms with Crippen molar-refractivity contribution in [1.82, 2.24) is 10.3 Å². The van der Waals surface area contributed by atoms with E-state index in [0.717, 1.165) is 11.1 Å².